The van der Waals surface area contributed by atoms with E-state index in [1.807, 2.05) is 25.1 Å². The van der Waals surface area contributed by atoms with Crippen molar-refractivity contribution in [2.75, 3.05) is 19.8 Å². The van der Waals surface area contributed by atoms with Crippen LogP contribution in [-0.2, 0) is 13.1 Å². The normalized spacial score (nSPS) is 13.7. The molecule has 7 heteroatoms. The molecule has 3 rings (SSSR count). The van der Waals surface area contributed by atoms with Gasteiger partial charge in [-0.05, 0) is 46.6 Å². The maximum absolute atomic E-state index is 5.65. The molecule has 0 saturated carbocycles. The molecular weight excluding hydrogens is 374 g/mol. The van der Waals surface area contributed by atoms with Gasteiger partial charge in [0.2, 0.25) is 0 Å². The molecule has 0 aliphatic carbocycles. The summed E-state index contributed by atoms with van der Waals surface area (Å²) >= 11 is 3.53. The lowest BCUT2D eigenvalue weighted by Crippen LogP contribution is -2.36. The highest BCUT2D eigenvalue weighted by atomic mass is 79.9. The molecule has 1 aliphatic rings. The van der Waals surface area contributed by atoms with E-state index in [0.29, 0.717) is 26.3 Å². The summed E-state index contributed by atoms with van der Waals surface area (Å²) in [5, 5.41) is 6.51. The van der Waals surface area contributed by atoms with Crippen molar-refractivity contribution < 1.29 is 13.9 Å². The molecule has 6 nitrogen and oxygen atoms in total. The molecule has 0 atom stereocenters. The summed E-state index contributed by atoms with van der Waals surface area (Å²) in [7, 11) is 0. The summed E-state index contributed by atoms with van der Waals surface area (Å²) in [6.07, 6.45) is 3.38. The number of hydrogen-bond donors (Lipinski definition) is 2. The Morgan fingerprint density at radius 3 is 2.88 bits per heavy atom. The van der Waals surface area contributed by atoms with Crippen molar-refractivity contribution in [1.29, 1.82) is 0 Å². The van der Waals surface area contributed by atoms with E-state index in [2.05, 4.69) is 31.6 Å². The van der Waals surface area contributed by atoms with Crippen molar-refractivity contribution in [3.63, 3.8) is 0 Å². The molecular formula is C17H20BrN3O3. The first kappa shape index (κ1) is 16.7. The van der Waals surface area contributed by atoms with Gasteiger partial charge in [-0.15, -0.1) is 0 Å². The van der Waals surface area contributed by atoms with Crippen molar-refractivity contribution in [3.8, 4) is 11.5 Å². The Bertz CT molecular complexity index is 701. The van der Waals surface area contributed by atoms with Gasteiger partial charge >= 0.3 is 0 Å². The van der Waals surface area contributed by atoms with Crippen LogP contribution >= 0.6 is 15.9 Å². The first-order valence-corrected chi connectivity index (χ1v) is 8.67. The van der Waals surface area contributed by atoms with E-state index in [0.717, 1.165) is 39.6 Å². The maximum Gasteiger partial charge on any atom is 0.191 e. The van der Waals surface area contributed by atoms with E-state index in [9.17, 15) is 0 Å². The Kier molecular flexibility index (Phi) is 5.63. The molecule has 0 fully saturated rings. The van der Waals surface area contributed by atoms with Crippen LogP contribution in [0.25, 0.3) is 0 Å². The van der Waals surface area contributed by atoms with Crippen LogP contribution in [0.4, 0.5) is 0 Å². The molecule has 1 aliphatic heterocycles. The number of hydrogen-bond acceptors (Lipinski definition) is 4. The highest BCUT2D eigenvalue weighted by Crippen LogP contribution is 2.38. The molecule has 1 aromatic heterocycles. The molecule has 2 aromatic rings. The molecule has 0 spiro atoms. The summed E-state index contributed by atoms with van der Waals surface area (Å²) in [5.74, 6) is 2.28. The van der Waals surface area contributed by atoms with Crippen LogP contribution in [0.2, 0.25) is 0 Å². The molecule has 2 N–H and O–H groups in total. The van der Waals surface area contributed by atoms with Crippen molar-refractivity contribution in [2.24, 2.45) is 4.99 Å². The van der Waals surface area contributed by atoms with Gasteiger partial charge in [0.1, 0.15) is 13.2 Å². The number of rotatable bonds is 5. The van der Waals surface area contributed by atoms with Gasteiger partial charge in [0.05, 0.1) is 23.5 Å². The molecule has 1 aromatic carbocycles. The zero-order valence-electron chi connectivity index (χ0n) is 13.5. The minimum atomic E-state index is 0.538. The maximum atomic E-state index is 5.65. The van der Waals surface area contributed by atoms with Gasteiger partial charge in [-0.25, -0.2) is 4.99 Å². The smallest absolute Gasteiger partial charge is 0.191 e. The minimum absolute atomic E-state index is 0.538. The zero-order valence-corrected chi connectivity index (χ0v) is 15.1. The van der Waals surface area contributed by atoms with Gasteiger partial charge in [0, 0.05) is 18.7 Å². The van der Waals surface area contributed by atoms with Crippen LogP contribution in [0, 0.1) is 0 Å². The topological polar surface area (TPSA) is 68.0 Å². The Balaban J connectivity index is 1.68. The molecule has 24 heavy (non-hydrogen) atoms. The molecule has 0 bridgehead atoms. The lowest BCUT2D eigenvalue weighted by molar-refractivity contribution is 0.170. The van der Waals surface area contributed by atoms with Crippen molar-refractivity contribution in [1.82, 2.24) is 10.6 Å². The monoisotopic (exact) mass is 393 g/mol. The fourth-order valence-corrected chi connectivity index (χ4v) is 2.95. The number of ether oxygens (including phenoxy) is 2. The third kappa shape index (κ3) is 4.23. The molecule has 2 heterocycles. The summed E-state index contributed by atoms with van der Waals surface area (Å²) < 4.78 is 17.2. The molecule has 0 unspecified atom stereocenters. The Labute approximate surface area is 149 Å². The predicted octanol–water partition coefficient (Wildman–Crippen LogP) is 3.07. The van der Waals surface area contributed by atoms with E-state index in [1.165, 1.54) is 0 Å². The van der Waals surface area contributed by atoms with Crippen LogP contribution in [0.5, 0.6) is 11.5 Å². The second kappa shape index (κ2) is 8.10. The number of benzene rings is 1. The van der Waals surface area contributed by atoms with E-state index >= 15 is 0 Å². The number of nitrogens with zero attached hydrogens (tertiary/aromatic N) is 1. The number of halogens is 1. The van der Waals surface area contributed by atoms with Gasteiger partial charge in [0.15, 0.2) is 17.5 Å². The van der Waals surface area contributed by atoms with E-state index < -0.39 is 0 Å². The molecule has 128 valence electrons. The average Bonchev–Trinajstić information content (AvgIpc) is 3.11. The fourth-order valence-electron chi connectivity index (χ4n) is 2.35. The van der Waals surface area contributed by atoms with Crippen molar-refractivity contribution in [2.45, 2.75) is 20.0 Å². The third-order valence-electron chi connectivity index (χ3n) is 3.46. The highest BCUT2D eigenvalue weighted by Gasteiger charge is 2.16. The van der Waals surface area contributed by atoms with Crippen LogP contribution in [0.3, 0.4) is 0 Å². The summed E-state index contributed by atoms with van der Waals surface area (Å²) in [6, 6.07) is 5.91. The molecule has 0 saturated heterocycles. The summed E-state index contributed by atoms with van der Waals surface area (Å²) in [5.41, 5.74) is 2.12. The van der Waals surface area contributed by atoms with Gasteiger partial charge in [-0.3, -0.25) is 0 Å². The predicted molar refractivity (Wildman–Crippen MR) is 95.5 cm³/mol. The fraction of sp³-hybridized carbons (Fsp3) is 0.353. The van der Waals surface area contributed by atoms with Crippen LogP contribution in [0.1, 0.15) is 18.1 Å². The van der Waals surface area contributed by atoms with Gasteiger partial charge in [-0.1, -0.05) is 0 Å². The number of fused-ring (bicyclic) bond motifs is 1. The van der Waals surface area contributed by atoms with E-state index in [-0.39, 0.29) is 0 Å². The Morgan fingerprint density at radius 1 is 1.21 bits per heavy atom. The molecule has 0 amide bonds. The van der Waals surface area contributed by atoms with Crippen molar-refractivity contribution >= 4 is 21.9 Å². The number of furan rings is 1. The lowest BCUT2D eigenvalue weighted by Gasteiger charge is -2.20. The Morgan fingerprint density at radius 2 is 2.08 bits per heavy atom. The van der Waals surface area contributed by atoms with Crippen LogP contribution in [-0.4, -0.2) is 25.7 Å². The second-order valence-corrected chi connectivity index (χ2v) is 6.14. The minimum Gasteiger partial charge on any atom is -0.486 e. The lowest BCUT2D eigenvalue weighted by atomic mass is 10.2. The van der Waals surface area contributed by atoms with Gasteiger partial charge < -0.3 is 24.5 Å². The van der Waals surface area contributed by atoms with E-state index in [4.69, 9.17) is 13.9 Å². The summed E-state index contributed by atoms with van der Waals surface area (Å²) in [6.45, 7) is 5.17. The largest absolute Gasteiger partial charge is 0.486 e. The number of guanidine groups is 1. The SMILES string of the molecule is CCNC(=NCc1cc(Br)c2c(c1)OCCO2)NCc1ccoc1. The van der Waals surface area contributed by atoms with Gasteiger partial charge in [0.25, 0.3) is 0 Å². The first-order valence-electron chi connectivity index (χ1n) is 7.87. The van der Waals surface area contributed by atoms with Crippen LogP contribution in [0.15, 0.2) is 44.6 Å². The van der Waals surface area contributed by atoms with Crippen molar-refractivity contribution in [3.05, 3.63) is 46.3 Å². The Hall–Kier alpha value is -2.15. The second-order valence-electron chi connectivity index (χ2n) is 5.28. The number of nitrogens with one attached hydrogen (secondary N) is 2. The molecule has 0 radical (unpaired) electrons. The first-order chi connectivity index (χ1) is 11.8. The number of aliphatic imine (C=N–C) groups is 1. The highest BCUT2D eigenvalue weighted by molar-refractivity contribution is 9.10. The quantitative estimate of drug-likeness (QED) is 0.603. The van der Waals surface area contributed by atoms with Gasteiger partial charge in [-0.2, -0.15) is 0 Å². The summed E-state index contributed by atoms with van der Waals surface area (Å²) in [4.78, 5) is 4.62. The average molecular weight is 394 g/mol. The third-order valence-corrected chi connectivity index (χ3v) is 4.05. The standard InChI is InChI=1S/C17H20BrN3O3/c1-2-19-17(20-9-12-3-4-22-11-12)21-10-13-7-14(18)16-15(8-13)23-5-6-24-16/h3-4,7-8,11H,2,5-6,9-10H2,1H3,(H2,19,20,21). The van der Waals surface area contributed by atoms with E-state index in [1.54, 1.807) is 12.5 Å². The zero-order chi connectivity index (χ0) is 16.8. The van der Waals surface area contributed by atoms with Crippen LogP contribution < -0.4 is 20.1 Å².